The molecule has 12 aromatic rings. The molecule has 0 radical (unpaired) electrons. The Bertz CT molecular complexity index is 3780. The van der Waals surface area contributed by atoms with Gasteiger partial charge in [-0.15, -0.1) is 0 Å². The maximum Gasteiger partial charge on any atom is 0.0461 e. The minimum Gasteiger partial charge on any atom is -0.0639 e. The fourth-order valence-corrected chi connectivity index (χ4v) is 11.7. The average Bonchev–Trinajstić information content (AvgIpc) is 3.69. The van der Waals surface area contributed by atoms with Gasteiger partial charge >= 0.3 is 0 Å². The molecule has 0 saturated carbocycles. The van der Waals surface area contributed by atoms with Gasteiger partial charge < -0.3 is 0 Å². The molecule has 1 unspecified atom stereocenters. The molecule has 0 heteroatoms. The van der Waals surface area contributed by atoms with Gasteiger partial charge in [0.05, 0.1) is 0 Å². The number of hydrogen-bond acceptors (Lipinski definition) is 0. The Morgan fingerprint density at radius 2 is 0.746 bits per heavy atom. The summed E-state index contributed by atoms with van der Waals surface area (Å²) >= 11 is 0. The van der Waals surface area contributed by atoms with Crippen molar-refractivity contribution in [2.75, 3.05) is 0 Å². The quantitative estimate of drug-likeness (QED) is 0.140. The summed E-state index contributed by atoms with van der Waals surface area (Å²) in [6.07, 6.45) is 0.951. The van der Waals surface area contributed by atoms with Gasteiger partial charge in [-0.25, -0.2) is 0 Å². The monoisotopic (exact) mass is 850 g/mol. The highest BCUT2D eigenvalue weighted by atomic mass is 14.5. The van der Waals surface area contributed by atoms with E-state index >= 15 is 0 Å². The second-order valence-corrected chi connectivity index (χ2v) is 18.2. The Morgan fingerprint density at radius 1 is 0.269 bits per heavy atom. The van der Waals surface area contributed by atoms with Gasteiger partial charge in [0, 0.05) is 5.41 Å². The second kappa shape index (κ2) is 15.7. The molecule has 13 rings (SSSR count). The fraction of sp³-hybridized carbons (Fsp3) is 0.0448. The second-order valence-electron chi connectivity index (χ2n) is 18.2. The van der Waals surface area contributed by atoms with E-state index in [9.17, 15) is 0 Å². The van der Waals surface area contributed by atoms with E-state index in [4.69, 9.17) is 0 Å². The first-order valence-electron chi connectivity index (χ1n) is 23.6. The first-order valence-corrected chi connectivity index (χ1v) is 23.6. The molecule has 12 aromatic carbocycles. The first-order chi connectivity index (χ1) is 33.2. The third-order valence-electron chi connectivity index (χ3n) is 14.8. The van der Waals surface area contributed by atoms with E-state index in [2.05, 4.69) is 256 Å². The van der Waals surface area contributed by atoms with E-state index in [1.165, 1.54) is 127 Å². The Kier molecular flexibility index (Phi) is 9.15. The zero-order valence-corrected chi connectivity index (χ0v) is 37.4. The van der Waals surface area contributed by atoms with Crippen molar-refractivity contribution in [3.63, 3.8) is 0 Å². The summed E-state index contributed by atoms with van der Waals surface area (Å²) in [5, 5.41) is 10.1. The van der Waals surface area contributed by atoms with Gasteiger partial charge in [0.25, 0.3) is 0 Å². The summed E-state index contributed by atoms with van der Waals surface area (Å²) in [5.74, 6) is 0. The molecule has 0 bridgehead atoms. The summed E-state index contributed by atoms with van der Waals surface area (Å²) in [6, 6.07) is 92.9. The van der Waals surface area contributed by atoms with Crippen LogP contribution in [0.15, 0.2) is 249 Å². The molecule has 0 N–H and O–H groups in total. The van der Waals surface area contributed by atoms with Crippen LogP contribution in [0.25, 0.3) is 110 Å². The number of hydrogen-bond donors (Lipinski definition) is 0. The van der Waals surface area contributed by atoms with Gasteiger partial charge in [-0.05, 0) is 163 Å². The van der Waals surface area contributed by atoms with E-state index < -0.39 is 0 Å². The predicted octanol–water partition coefficient (Wildman–Crippen LogP) is 18.4. The molecule has 0 nitrogen and oxygen atoms in total. The minimum atomic E-state index is -0.291. The normalized spacial score (nSPS) is 14.2. The highest BCUT2D eigenvalue weighted by Gasteiger charge is 2.43. The molecule has 1 atom stereocenters. The third kappa shape index (κ3) is 6.14. The van der Waals surface area contributed by atoms with Gasteiger partial charge in [0.2, 0.25) is 0 Å². The SMILES string of the molecule is CCC1(c2ccc3ccccc3c2)c2ccccc2-c2ccc(-c3c4ccccc4c(-c4ccc(-c5cc(-c6ccccc6)cc(-c6ccccc6)c5)c5ccccc45)c4ccccc34)cc21. The molecule has 1 aliphatic carbocycles. The van der Waals surface area contributed by atoms with Crippen LogP contribution in [0.1, 0.15) is 30.0 Å². The minimum absolute atomic E-state index is 0.291. The fourth-order valence-electron chi connectivity index (χ4n) is 11.7. The molecule has 0 spiro atoms. The third-order valence-corrected chi connectivity index (χ3v) is 14.8. The molecule has 0 saturated heterocycles. The van der Waals surface area contributed by atoms with Crippen LogP contribution in [0, 0.1) is 0 Å². The van der Waals surface area contributed by atoms with E-state index in [-0.39, 0.29) is 5.41 Å². The molecule has 1 aliphatic rings. The van der Waals surface area contributed by atoms with E-state index in [0.717, 1.165) is 6.42 Å². The van der Waals surface area contributed by atoms with Crippen LogP contribution in [-0.2, 0) is 5.41 Å². The van der Waals surface area contributed by atoms with Crippen molar-refractivity contribution in [3.05, 3.63) is 265 Å². The Balaban J connectivity index is 1.02. The van der Waals surface area contributed by atoms with Gasteiger partial charge in [0.15, 0.2) is 0 Å². The van der Waals surface area contributed by atoms with Crippen LogP contribution >= 0.6 is 0 Å². The predicted molar refractivity (Wildman–Crippen MR) is 286 cm³/mol. The van der Waals surface area contributed by atoms with E-state index in [0.29, 0.717) is 0 Å². The molecule has 0 heterocycles. The molecule has 67 heavy (non-hydrogen) atoms. The van der Waals surface area contributed by atoms with E-state index in [1.54, 1.807) is 0 Å². The lowest BCUT2D eigenvalue weighted by Crippen LogP contribution is -2.26. The standard InChI is InChI=1S/C67H46/c1-2-67(52-35-33-46-23-9-10-24-47(46)42-52)63-32-18-17-27-56(63)57-36-34-48(43-64(57)67)65-58-28-13-15-30-60(58)66(61-31-16-14-29-59(61)65)62-38-37-53(54-25-11-12-26-55(54)62)51-40-49(44-19-5-3-6-20-44)39-50(41-51)45-21-7-4-8-22-45/h3-43H,2H2,1H3. The summed E-state index contributed by atoms with van der Waals surface area (Å²) in [7, 11) is 0. The van der Waals surface area contributed by atoms with Crippen molar-refractivity contribution in [2.45, 2.75) is 18.8 Å². The van der Waals surface area contributed by atoms with Crippen LogP contribution < -0.4 is 0 Å². The van der Waals surface area contributed by atoms with Crippen molar-refractivity contribution >= 4 is 43.1 Å². The highest BCUT2D eigenvalue weighted by molar-refractivity contribution is 6.24. The summed E-state index contributed by atoms with van der Waals surface area (Å²) in [5.41, 5.74) is 18.8. The number of rotatable bonds is 7. The lowest BCUT2D eigenvalue weighted by atomic mass is 9.70. The topological polar surface area (TPSA) is 0 Å². The largest absolute Gasteiger partial charge is 0.0639 e. The van der Waals surface area contributed by atoms with Gasteiger partial charge in [-0.3, -0.25) is 0 Å². The maximum absolute atomic E-state index is 2.54. The Hall–Kier alpha value is -8.32. The van der Waals surface area contributed by atoms with Gasteiger partial charge in [-0.1, -0.05) is 225 Å². The smallest absolute Gasteiger partial charge is 0.0461 e. The van der Waals surface area contributed by atoms with Crippen LogP contribution in [0.4, 0.5) is 0 Å². The number of fused-ring (bicyclic) bond motifs is 7. The van der Waals surface area contributed by atoms with Gasteiger partial charge in [-0.2, -0.15) is 0 Å². The van der Waals surface area contributed by atoms with Gasteiger partial charge in [0.1, 0.15) is 0 Å². The van der Waals surface area contributed by atoms with Crippen LogP contribution in [-0.4, -0.2) is 0 Å². The molecule has 314 valence electrons. The van der Waals surface area contributed by atoms with Crippen molar-refractivity contribution < 1.29 is 0 Å². The summed E-state index contributed by atoms with van der Waals surface area (Å²) in [6.45, 7) is 2.37. The first kappa shape index (κ1) is 39.1. The number of benzene rings is 12. The van der Waals surface area contributed by atoms with Crippen LogP contribution in [0.2, 0.25) is 0 Å². The molecular weight excluding hydrogens is 805 g/mol. The molecule has 0 fully saturated rings. The van der Waals surface area contributed by atoms with Crippen molar-refractivity contribution in [1.82, 2.24) is 0 Å². The lowest BCUT2D eigenvalue weighted by molar-refractivity contribution is 0.610. The van der Waals surface area contributed by atoms with Crippen molar-refractivity contribution in [1.29, 1.82) is 0 Å². The Morgan fingerprint density at radius 3 is 1.39 bits per heavy atom. The van der Waals surface area contributed by atoms with Crippen molar-refractivity contribution in [3.8, 4) is 66.8 Å². The average molecular weight is 851 g/mol. The molecule has 0 aliphatic heterocycles. The Labute approximate surface area is 392 Å². The summed E-state index contributed by atoms with van der Waals surface area (Å²) in [4.78, 5) is 0. The molecule has 0 aromatic heterocycles. The van der Waals surface area contributed by atoms with E-state index in [1.807, 2.05) is 0 Å². The molecular formula is C67H46. The van der Waals surface area contributed by atoms with Crippen molar-refractivity contribution in [2.24, 2.45) is 0 Å². The maximum atomic E-state index is 2.54. The highest BCUT2D eigenvalue weighted by Crippen LogP contribution is 2.56. The lowest BCUT2D eigenvalue weighted by Gasteiger charge is -2.32. The zero-order valence-electron chi connectivity index (χ0n) is 37.4. The molecule has 0 amide bonds. The zero-order chi connectivity index (χ0) is 44.5. The van der Waals surface area contributed by atoms with Crippen LogP contribution in [0.3, 0.4) is 0 Å². The van der Waals surface area contributed by atoms with Crippen LogP contribution in [0.5, 0.6) is 0 Å². The summed E-state index contributed by atoms with van der Waals surface area (Å²) < 4.78 is 0.